The van der Waals surface area contributed by atoms with Gasteiger partial charge in [0, 0.05) is 31.8 Å². The van der Waals surface area contributed by atoms with Crippen LogP contribution in [0, 0.1) is 0 Å². The Kier molecular flexibility index (Phi) is 9.42. The van der Waals surface area contributed by atoms with Crippen molar-refractivity contribution in [3.8, 4) is 0 Å². The van der Waals surface area contributed by atoms with Crippen LogP contribution < -0.4 is 0 Å². The molecule has 1 aliphatic rings. The SMILES string of the molecule is COC(=O)COCC=CCN1C(=O)CCCC1CCC(=O)Cc1ccccc1. The van der Waals surface area contributed by atoms with Crippen molar-refractivity contribution in [2.75, 3.05) is 26.9 Å². The van der Waals surface area contributed by atoms with Crippen LogP contribution in [0.2, 0.25) is 0 Å². The fourth-order valence-corrected chi connectivity index (χ4v) is 3.31. The lowest BCUT2D eigenvalue weighted by Crippen LogP contribution is -2.43. The van der Waals surface area contributed by atoms with Gasteiger partial charge >= 0.3 is 5.97 Å². The van der Waals surface area contributed by atoms with E-state index in [9.17, 15) is 14.4 Å². The zero-order chi connectivity index (χ0) is 20.2. The minimum atomic E-state index is -0.417. The largest absolute Gasteiger partial charge is 0.467 e. The summed E-state index contributed by atoms with van der Waals surface area (Å²) in [5.41, 5.74) is 1.03. The number of benzene rings is 1. The molecule has 2 rings (SSSR count). The van der Waals surface area contributed by atoms with Gasteiger partial charge in [-0.05, 0) is 24.8 Å². The molecule has 1 saturated heterocycles. The standard InChI is InChI=1S/C22H29NO5/c1-27-22(26)17-28-15-6-5-14-23-19(10-7-11-21(23)25)12-13-20(24)16-18-8-3-2-4-9-18/h2-6,8-9,19H,7,10-17H2,1H3. The number of piperidine rings is 1. The first-order chi connectivity index (χ1) is 13.6. The van der Waals surface area contributed by atoms with E-state index in [1.807, 2.05) is 41.3 Å². The summed E-state index contributed by atoms with van der Waals surface area (Å²) < 4.78 is 9.65. The molecule has 0 N–H and O–H groups in total. The van der Waals surface area contributed by atoms with Gasteiger partial charge < -0.3 is 14.4 Å². The Labute approximate surface area is 166 Å². The second-order valence-electron chi connectivity index (χ2n) is 6.89. The molecule has 1 heterocycles. The van der Waals surface area contributed by atoms with Crippen LogP contribution in [0.5, 0.6) is 0 Å². The average Bonchev–Trinajstić information content (AvgIpc) is 2.70. The fourth-order valence-electron chi connectivity index (χ4n) is 3.31. The molecule has 0 spiro atoms. The normalized spacial score (nSPS) is 17.1. The zero-order valence-corrected chi connectivity index (χ0v) is 16.5. The number of Topliss-reactive ketones (excluding diaryl/α,β-unsaturated/α-hetero) is 1. The molecule has 6 nitrogen and oxygen atoms in total. The number of ketones is 1. The number of likely N-dealkylation sites (tertiary alicyclic amines) is 1. The number of rotatable bonds is 11. The molecule has 1 fully saturated rings. The molecule has 1 aromatic rings. The molecule has 1 aromatic carbocycles. The van der Waals surface area contributed by atoms with E-state index in [1.165, 1.54) is 7.11 Å². The highest BCUT2D eigenvalue weighted by Gasteiger charge is 2.27. The van der Waals surface area contributed by atoms with Crippen molar-refractivity contribution in [2.45, 2.75) is 44.6 Å². The van der Waals surface area contributed by atoms with E-state index in [-0.39, 0.29) is 30.9 Å². The highest BCUT2D eigenvalue weighted by molar-refractivity contribution is 5.81. The summed E-state index contributed by atoms with van der Waals surface area (Å²) in [4.78, 5) is 37.4. The van der Waals surface area contributed by atoms with E-state index in [4.69, 9.17) is 4.74 Å². The number of hydrogen-bond acceptors (Lipinski definition) is 5. The maximum atomic E-state index is 12.3. The van der Waals surface area contributed by atoms with Crippen molar-refractivity contribution in [1.29, 1.82) is 0 Å². The number of hydrogen-bond donors (Lipinski definition) is 0. The van der Waals surface area contributed by atoms with Gasteiger partial charge in [0.25, 0.3) is 0 Å². The van der Waals surface area contributed by atoms with Crippen LogP contribution in [-0.4, -0.2) is 55.5 Å². The summed E-state index contributed by atoms with van der Waals surface area (Å²) in [6.07, 6.45) is 7.65. The molecule has 28 heavy (non-hydrogen) atoms. The Morgan fingerprint density at radius 3 is 2.75 bits per heavy atom. The van der Waals surface area contributed by atoms with Crippen LogP contribution in [0.25, 0.3) is 0 Å². The van der Waals surface area contributed by atoms with Crippen molar-refractivity contribution >= 4 is 17.7 Å². The minimum Gasteiger partial charge on any atom is -0.467 e. The van der Waals surface area contributed by atoms with Crippen LogP contribution in [0.3, 0.4) is 0 Å². The van der Waals surface area contributed by atoms with Crippen LogP contribution >= 0.6 is 0 Å². The lowest BCUT2D eigenvalue weighted by molar-refractivity contribution is -0.145. The van der Waals surface area contributed by atoms with E-state index in [1.54, 1.807) is 6.08 Å². The molecule has 152 valence electrons. The first-order valence-electron chi connectivity index (χ1n) is 9.74. The summed E-state index contributed by atoms with van der Waals surface area (Å²) in [7, 11) is 1.31. The smallest absolute Gasteiger partial charge is 0.331 e. The molecular weight excluding hydrogens is 358 g/mol. The Hall–Kier alpha value is -2.47. The third-order valence-corrected chi connectivity index (χ3v) is 4.82. The number of nitrogens with zero attached hydrogens (tertiary/aromatic N) is 1. The van der Waals surface area contributed by atoms with Gasteiger partial charge in [-0.2, -0.15) is 0 Å². The second-order valence-corrected chi connectivity index (χ2v) is 6.89. The molecule has 1 unspecified atom stereocenters. The lowest BCUT2D eigenvalue weighted by atomic mass is 9.95. The van der Waals surface area contributed by atoms with Gasteiger partial charge in [0.1, 0.15) is 12.4 Å². The van der Waals surface area contributed by atoms with Gasteiger partial charge in [-0.15, -0.1) is 0 Å². The Balaban J connectivity index is 1.76. The van der Waals surface area contributed by atoms with Crippen LogP contribution in [-0.2, 0) is 30.3 Å². The molecular formula is C22H29NO5. The third-order valence-electron chi connectivity index (χ3n) is 4.82. The van der Waals surface area contributed by atoms with Crippen molar-refractivity contribution in [1.82, 2.24) is 4.90 Å². The molecule has 1 aliphatic heterocycles. The Morgan fingerprint density at radius 2 is 2.00 bits per heavy atom. The average molecular weight is 387 g/mol. The summed E-state index contributed by atoms with van der Waals surface area (Å²) in [6.45, 7) is 0.699. The predicted octanol–water partition coefficient (Wildman–Crippen LogP) is 2.71. The highest BCUT2D eigenvalue weighted by Crippen LogP contribution is 2.22. The summed E-state index contributed by atoms with van der Waals surface area (Å²) in [5, 5.41) is 0. The quantitative estimate of drug-likeness (QED) is 0.332. The van der Waals surface area contributed by atoms with Crippen LogP contribution in [0.1, 0.15) is 37.7 Å². The van der Waals surface area contributed by atoms with E-state index in [0.29, 0.717) is 32.2 Å². The summed E-state index contributed by atoms with van der Waals surface area (Å²) in [6, 6.07) is 9.83. The van der Waals surface area contributed by atoms with E-state index in [0.717, 1.165) is 18.4 Å². The van der Waals surface area contributed by atoms with Crippen molar-refractivity contribution < 1.29 is 23.9 Å². The monoisotopic (exact) mass is 387 g/mol. The Bertz CT molecular complexity index is 671. The molecule has 0 radical (unpaired) electrons. The van der Waals surface area contributed by atoms with Crippen molar-refractivity contribution in [3.05, 3.63) is 48.0 Å². The van der Waals surface area contributed by atoms with Crippen LogP contribution in [0.15, 0.2) is 42.5 Å². The van der Waals surface area contributed by atoms with Gasteiger partial charge in [-0.25, -0.2) is 4.79 Å². The van der Waals surface area contributed by atoms with Gasteiger partial charge in [-0.3, -0.25) is 9.59 Å². The van der Waals surface area contributed by atoms with Gasteiger partial charge in [0.05, 0.1) is 13.7 Å². The van der Waals surface area contributed by atoms with Crippen molar-refractivity contribution in [2.24, 2.45) is 0 Å². The summed E-state index contributed by atoms with van der Waals surface area (Å²) >= 11 is 0. The third kappa shape index (κ3) is 7.64. The zero-order valence-electron chi connectivity index (χ0n) is 16.5. The number of esters is 1. The lowest BCUT2D eigenvalue weighted by Gasteiger charge is -2.35. The summed E-state index contributed by atoms with van der Waals surface area (Å²) in [5.74, 6) is -0.0809. The van der Waals surface area contributed by atoms with Gasteiger partial charge in [-0.1, -0.05) is 42.5 Å². The molecule has 0 bridgehead atoms. The fraction of sp³-hybridized carbons (Fsp3) is 0.500. The van der Waals surface area contributed by atoms with Crippen molar-refractivity contribution in [3.63, 3.8) is 0 Å². The van der Waals surface area contributed by atoms with Crippen LogP contribution in [0.4, 0.5) is 0 Å². The second kappa shape index (κ2) is 12.1. The Morgan fingerprint density at radius 1 is 1.21 bits per heavy atom. The number of carbonyl (C=O) groups excluding carboxylic acids is 3. The molecule has 0 aliphatic carbocycles. The van der Waals surface area contributed by atoms with E-state index < -0.39 is 5.97 Å². The predicted molar refractivity (Wildman–Crippen MR) is 106 cm³/mol. The molecule has 1 amide bonds. The molecule has 0 aromatic heterocycles. The maximum absolute atomic E-state index is 12.3. The highest BCUT2D eigenvalue weighted by atomic mass is 16.6. The number of ether oxygens (including phenoxy) is 2. The topological polar surface area (TPSA) is 72.9 Å². The number of amides is 1. The number of methoxy groups -OCH3 is 1. The maximum Gasteiger partial charge on any atom is 0.331 e. The first kappa shape index (κ1) is 21.8. The first-order valence-corrected chi connectivity index (χ1v) is 9.74. The number of carbonyl (C=O) groups is 3. The van der Waals surface area contributed by atoms with Gasteiger partial charge in [0.15, 0.2) is 0 Å². The van der Waals surface area contributed by atoms with Gasteiger partial charge in [0.2, 0.25) is 5.91 Å². The minimum absolute atomic E-state index is 0.0877. The van der Waals surface area contributed by atoms with E-state index >= 15 is 0 Å². The van der Waals surface area contributed by atoms with E-state index in [2.05, 4.69) is 4.74 Å². The molecule has 6 heteroatoms. The molecule has 1 atom stereocenters. The molecule has 0 saturated carbocycles.